The van der Waals surface area contributed by atoms with Crippen LogP contribution in [0.15, 0.2) is 41.2 Å². The van der Waals surface area contributed by atoms with Crippen molar-refractivity contribution in [2.24, 2.45) is 0 Å². The Labute approximate surface area is 248 Å². The number of carboxylic acid groups (broad SMARTS) is 1. The topological polar surface area (TPSA) is 104 Å². The summed E-state index contributed by atoms with van der Waals surface area (Å²) in [4.78, 5) is 43.5. The van der Waals surface area contributed by atoms with Gasteiger partial charge < -0.3 is 14.9 Å². The lowest BCUT2D eigenvalue weighted by molar-refractivity contribution is 0.114. The van der Waals surface area contributed by atoms with Crippen LogP contribution < -0.4 is 10.6 Å². The van der Waals surface area contributed by atoms with Gasteiger partial charge in [0.15, 0.2) is 5.65 Å². The molecule has 1 aromatic carbocycles. The van der Waals surface area contributed by atoms with Crippen LogP contribution in [-0.2, 0) is 6.42 Å². The van der Waals surface area contributed by atoms with E-state index in [1.807, 2.05) is 52.5 Å². The van der Waals surface area contributed by atoms with Crippen molar-refractivity contribution in [2.45, 2.75) is 66.0 Å². The molecule has 1 saturated heterocycles. The summed E-state index contributed by atoms with van der Waals surface area (Å²) in [6, 6.07) is 9.21. The minimum atomic E-state index is -0.999. The first kappa shape index (κ1) is 29.4. The lowest BCUT2D eigenvalue weighted by Gasteiger charge is -2.43. The molecule has 0 bridgehead atoms. The van der Waals surface area contributed by atoms with Crippen LogP contribution >= 0.6 is 11.6 Å². The fourth-order valence-electron chi connectivity index (χ4n) is 5.69. The summed E-state index contributed by atoms with van der Waals surface area (Å²) in [5.41, 5.74) is 3.17. The predicted octanol–water partition coefficient (Wildman–Crippen LogP) is 6.21. The quantitative estimate of drug-likeness (QED) is 0.294. The zero-order valence-electron chi connectivity index (χ0n) is 24.5. The van der Waals surface area contributed by atoms with Crippen LogP contribution in [-0.4, -0.2) is 60.8 Å². The number of aryl methyl sites for hydroxylation is 2. The molecule has 4 heterocycles. The molecule has 0 unspecified atom stereocenters. The zero-order chi connectivity index (χ0) is 30.5. The van der Waals surface area contributed by atoms with Crippen molar-refractivity contribution in [3.63, 3.8) is 0 Å². The Balaban J connectivity index is 1.86. The summed E-state index contributed by atoms with van der Waals surface area (Å²) < 4.78 is 16.4. The SMILES string of the molecule is CCc1cc(C)c(-n2c(=O)nc(N3C[C@@H](C)N(C(=O)O)C[C@@H]3C)c3cc(Cl)c(-c4ccccc4F)nc32)c(C(C)C)n1. The molecule has 1 fully saturated rings. The third-order valence-electron chi connectivity index (χ3n) is 7.83. The minimum absolute atomic E-state index is 0.0184. The number of rotatable bonds is 5. The molecule has 0 spiro atoms. The van der Waals surface area contributed by atoms with Gasteiger partial charge in [0, 0.05) is 36.4 Å². The maximum Gasteiger partial charge on any atom is 0.407 e. The molecule has 4 aromatic rings. The third kappa shape index (κ3) is 5.08. The average molecular weight is 593 g/mol. The summed E-state index contributed by atoms with van der Waals surface area (Å²) in [5.74, 6) is -0.156. The van der Waals surface area contributed by atoms with Gasteiger partial charge in [-0.25, -0.2) is 23.5 Å². The minimum Gasteiger partial charge on any atom is -0.465 e. The number of benzene rings is 1. The Kier molecular flexibility index (Phi) is 7.94. The molecule has 1 N–H and O–H groups in total. The van der Waals surface area contributed by atoms with Crippen LogP contribution in [0.4, 0.5) is 15.0 Å². The highest BCUT2D eigenvalue weighted by Gasteiger charge is 2.34. The van der Waals surface area contributed by atoms with Crippen molar-refractivity contribution in [3.8, 4) is 16.9 Å². The maximum absolute atomic E-state index is 15.0. The van der Waals surface area contributed by atoms with E-state index in [0.29, 0.717) is 23.4 Å². The first-order chi connectivity index (χ1) is 19.9. The fourth-order valence-corrected chi connectivity index (χ4v) is 5.94. The molecule has 1 aliphatic heterocycles. The molecule has 0 saturated carbocycles. The number of pyridine rings is 2. The number of anilines is 1. The molecule has 42 heavy (non-hydrogen) atoms. The summed E-state index contributed by atoms with van der Waals surface area (Å²) >= 11 is 6.78. The monoisotopic (exact) mass is 592 g/mol. The fraction of sp³-hybridized carbons (Fsp3) is 0.387. The van der Waals surface area contributed by atoms with Crippen molar-refractivity contribution in [3.05, 3.63) is 74.7 Å². The van der Waals surface area contributed by atoms with Gasteiger partial charge in [0.1, 0.15) is 11.6 Å². The number of amides is 1. The van der Waals surface area contributed by atoms with Crippen molar-refractivity contribution in [1.82, 2.24) is 24.4 Å². The lowest BCUT2D eigenvalue weighted by atomic mass is 10.0. The van der Waals surface area contributed by atoms with Crippen LogP contribution in [0.5, 0.6) is 0 Å². The molecule has 0 aliphatic carbocycles. The smallest absolute Gasteiger partial charge is 0.407 e. The standard InChI is InChI=1S/C31H34ClFN6O3/c1-7-20-12-17(4)27(25(34-20)16(2)3)39-29-22(13-23(32)26(35-29)21-10-8-9-11-24(21)33)28(36-30(39)40)37-14-19(6)38(31(41)42)15-18(37)5/h8-13,16,18-19H,7,14-15H2,1-6H3,(H,41,42)/t18-,19+/m0/s1. The van der Waals surface area contributed by atoms with Crippen molar-refractivity contribution >= 4 is 34.5 Å². The van der Waals surface area contributed by atoms with Crippen molar-refractivity contribution in [1.29, 1.82) is 0 Å². The van der Waals surface area contributed by atoms with E-state index in [0.717, 1.165) is 23.4 Å². The van der Waals surface area contributed by atoms with Gasteiger partial charge in [0.2, 0.25) is 0 Å². The molecule has 11 heteroatoms. The lowest BCUT2D eigenvalue weighted by Crippen LogP contribution is -2.58. The van der Waals surface area contributed by atoms with E-state index in [4.69, 9.17) is 21.6 Å². The normalized spacial score (nSPS) is 17.4. The highest BCUT2D eigenvalue weighted by Crippen LogP contribution is 2.36. The van der Waals surface area contributed by atoms with E-state index in [-0.39, 0.29) is 46.5 Å². The second-order valence-electron chi connectivity index (χ2n) is 11.2. The van der Waals surface area contributed by atoms with Gasteiger partial charge >= 0.3 is 11.8 Å². The molecule has 220 valence electrons. The summed E-state index contributed by atoms with van der Waals surface area (Å²) in [6.45, 7) is 12.2. The number of aromatic nitrogens is 4. The van der Waals surface area contributed by atoms with Crippen LogP contribution in [0, 0.1) is 12.7 Å². The Bertz CT molecular complexity index is 1760. The molecule has 9 nitrogen and oxygen atoms in total. The second-order valence-corrected chi connectivity index (χ2v) is 11.6. The van der Waals surface area contributed by atoms with E-state index in [1.165, 1.54) is 15.5 Å². The van der Waals surface area contributed by atoms with Crippen LogP contribution in [0.1, 0.15) is 57.5 Å². The molecule has 1 aliphatic rings. The molecular formula is C31H34ClFN6O3. The van der Waals surface area contributed by atoms with E-state index < -0.39 is 17.6 Å². The zero-order valence-corrected chi connectivity index (χ0v) is 25.3. The summed E-state index contributed by atoms with van der Waals surface area (Å²) in [5, 5.41) is 10.4. The largest absolute Gasteiger partial charge is 0.465 e. The average Bonchev–Trinajstić information content (AvgIpc) is 2.94. The molecule has 5 rings (SSSR count). The van der Waals surface area contributed by atoms with Crippen LogP contribution in [0.25, 0.3) is 28.0 Å². The first-order valence-electron chi connectivity index (χ1n) is 14.1. The van der Waals surface area contributed by atoms with Crippen LogP contribution in [0.3, 0.4) is 0 Å². The first-order valence-corrected chi connectivity index (χ1v) is 14.5. The molecule has 2 atom stereocenters. The van der Waals surface area contributed by atoms with Gasteiger partial charge in [-0.1, -0.05) is 44.5 Å². The number of carbonyl (C=O) groups is 1. The number of fused-ring (bicyclic) bond motifs is 1. The number of piperazine rings is 1. The highest BCUT2D eigenvalue weighted by atomic mass is 35.5. The Morgan fingerprint density at radius 3 is 2.48 bits per heavy atom. The van der Waals surface area contributed by atoms with E-state index in [2.05, 4.69) is 4.98 Å². The van der Waals surface area contributed by atoms with Gasteiger partial charge in [-0.05, 0) is 62.9 Å². The van der Waals surface area contributed by atoms with Gasteiger partial charge in [-0.3, -0.25) is 4.98 Å². The molecule has 0 radical (unpaired) electrons. The number of halogens is 2. The van der Waals surface area contributed by atoms with Gasteiger partial charge in [0.25, 0.3) is 0 Å². The van der Waals surface area contributed by atoms with Crippen molar-refractivity contribution in [2.75, 3.05) is 18.0 Å². The second kappa shape index (κ2) is 11.3. The number of hydrogen-bond acceptors (Lipinski definition) is 6. The van der Waals surface area contributed by atoms with Gasteiger partial charge in [-0.15, -0.1) is 0 Å². The van der Waals surface area contributed by atoms with Crippen molar-refractivity contribution < 1.29 is 14.3 Å². The Morgan fingerprint density at radius 2 is 1.83 bits per heavy atom. The van der Waals surface area contributed by atoms with E-state index >= 15 is 0 Å². The highest BCUT2D eigenvalue weighted by molar-refractivity contribution is 6.33. The summed E-state index contributed by atoms with van der Waals surface area (Å²) in [7, 11) is 0. The van der Waals surface area contributed by atoms with E-state index in [9.17, 15) is 19.1 Å². The Morgan fingerprint density at radius 1 is 1.12 bits per heavy atom. The maximum atomic E-state index is 15.0. The van der Waals surface area contributed by atoms with Gasteiger partial charge in [-0.2, -0.15) is 4.98 Å². The Hall–Kier alpha value is -4.05. The number of hydrogen-bond donors (Lipinski definition) is 1. The molecule has 1 amide bonds. The predicted molar refractivity (Wildman–Crippen MR) is 163 cm³/mol. The van der Waals surface area contributed by atoms with Crippen LogP contribution in [0.2, 0.25) is 5.02 Å². The third-order valence-corrected chi connectivity index (χ3v) is 8.12. The molecular weight excluding hydrogens is 559 g/mol. The van der Waals surface area contributed by atoms with E-state index in [1.54, 1.807) is 24.3 Å². The molecule has 3 aromatic heterocycles. The number of nitrogens with zero attached hydrogens (tertiary/aromatic N) is 6. The van der Waals surface area contributed by atoms with Gasteiger partial charge in [0.05, 0.1) is 27.5 Å². The summed E-state index contributed by atoms with van der Waals surface area (Å²) in [6.07, 6.45) is -0.265.